The molecule has 0 aromatic heterocycles. The number of thioether (sulfide) groups is 1. The van der Waals surface area contributed by atoms with Crippen LogP contribution in [0.2, 0.25) is 0 Å². The molecule has 1 saturated heterocycles. The average molecular weight is 134 g/mol. The van der Waals surface area contributed by atoms with Crippen molar-refractivity contribution in [1.82, 2.24) is 0 Å². The fourth-order valence-corrected chi connectivity index (χ4v) is 1.75. The number of hydrogen-bond donors (Lipinski definition) is 2. The molecule has 1 heterocycles. The minimum Gasteiger partial charge on any atom is -0.390 e. The van der Waals surface area contributed by atoms with Gasteiger partial charge in [-0.1, -0.05) is 0 Å². The van der Waals surface area contributed by atoms with Crippen LogP contribution in [0.4, 0.5) is 0 Å². The standard InChI is InChI=1S/C5H10O2S/c6-4-1-2-8-3-5(4)7/h4-7H,1-3H2. The molecule has 48 valence electrons. The lowest BCUT2D eigenvalue weighted by Gasteiger charge is -2.21. The van der Waals surface area contributed by atoms with Gasteiger partial charge in [0.25, 0.3) is 0 Å². The summed E-state index contributed by atoms with van der Waals surface area (Å²) in [6, 6.07) is 0. The summed E-state index contributed by atoms with van der Waals surface area (Å²) in [7, 11) is 0. The van der Waals surface area contributed by atoms with Gasteiger partial charge in [-0.3, -0.25) is 0 Å². The molecule has 0 aliphatic carbocycles. The molecular formula is C5H10O2S. The van der Waals surface area contributed by atoms with Gasteiger partial charge >= 0.3 is 0 Å². The van der Waals surface area contributed by atoms with Gasteiger partial charge in [-0.15, -0.1) is 0 Å². The van der Waals surface area contributed by atoms with Gasteiger partial charge in [-0.25, -0.2) is 0 Å². The first kappa shape index (κ1) is 6.39. The van der Waals surface area contributed by atoms with Crippen molar-refractivity contribution in [1.29, 1.82) is 0 Å². The zero-order valence-corrected chi connectivity index (χ0v) is 5.40. The third-order valence-corrected chi connectivity index (χ3v) is 2.39. The Hall–Kier alpha value is 0.270. The third-order valence-electron chi connectivity index (χ3n) is 1.29. The topological polar surface area (TPSA) is 40.5 Å². The smallest absolute Gasteiger partial charge is 0.0889 e. The Kier molecular flexibility index (Phi) is 2.16. The van der Waals surface area contributed by atoms with Crippen LogP contribution in [-0.2, 0) is 0 Å². The number of aliphatic hydroxyl groups excluding tert-OH is 2. The van der Waals surface area contributed by atoms with E-state index < -0.39 is 12.2 Å². The van der Waals surface area contributed by atoms with E-state index in [-0.39, 0.29) is 0 Å². The number of hydrogen-bond acceptors (Lipinski definition) is 3. The van der Waals surface area contributed by atoms with Gasteiger partial charge in [0.2, 0.25) is 0 Å². The summed E-state index contributed by atoms with van der Waals surface area (Å²) in [5.74, 6) is 1.68. The molecule has 0 radical (unpaired) electrons. The van der Waals surface area contributed by atoms with Gasteiger partial charge in [-0.2, -0.15) is 11.8 Å². The Bertz CT molecular complexity index is 66.8. The molecule has 2 N–H and O–H groups in total. The molecule has 0 saturated carbocycles. The minimum absolute atomic E-state index is 0.462. The third kappa shape index (κ3) is 1.37. The van der Waals surface area contributed by atoms with Crippen molar-refractivity contribution in [2.75, 3.05) is 11.5 Å². The zero-order valence-electron chi connectivity index (χ0n) is 4.58. The Morgan fingerprint density at radius 3 is 2.38 bits per heavy atom. The molecule has 1 aliphatic rings. The zero-order chi connectivity index (χ0) is 5.98. The Morgan fingerprint density at radius 2 is 2.00 bits per heavy atom. The van der Waals surface area contributed by atoms with E-state index in [1.54, 1.807) is 11.8 Å². The van der Waals surface area contributed by atoms with Crippen LogP contribution >= 0.6 is 11.8 Å². The predicted octanol–water partition coefficient (Wildman–Crippen LogP) is -0.155. The SMILES string of the molecule is OC1CCSCC1O. The van der Waals surface area contributed by atoms with Crippen LogP contribution in [0, 0.1) is 0 Å². The van der Waals surface area contributed by atoms with E-state index >= 15 is 0 Å². The largest absolute Gasteiger partial charge is 0.390 e. The van der Waals surface area contributed by atoms with E-state index in [4.69, 9.17) is 10.2 Å². The molecule has 1 rings (SSSR count). The molecule has 1 fully saturated rings. The first-order valence-electron chi connectivity index (χ1n) is 2.74. The van der Waals surface area contributed by atoms with Crippen LogP contribution in [0.1, 0.15) is 6.42 Å². The van der Waals surface area contributed by atoms with E-state index in [9.17, 15) is 0 Å². The first-order valence-corrected chi connectivity index (χ1v) is 3.90. The molecule has 2 nitrogen and oxygen atoms in total. The van der Waals surface area contributed by atoms with Crippen molar-refractivity contribution >= 4 is 11.8 Å². The molecule has 8 heavy (non-hydrogen) atoms. The summed E-state index contributed by atoms with van der Waals surface area (Å²) in [4.78, 5) is 0. The predicted molar refractivity (Wildman–Crippen MR) is 34.0 cm³/mol. The van der Waals surface area contributed by atoms with E-state index in [2.05, 4.69) is 0 Å². The monoisotopic (exact) mass is 134 g/mol. The van der Waals surface area contributed by atoms with Crippen LogP contribution in [0.5, 0.6) is 0 Å². The molecule has 3 heteroatoms. The minimum atomic E-state index is -0.478. The van der Waals surface area contributed by atoms with E-state index in [0.29, 0.717) is 5.75 Å². The van der Waals surface area contributed by atoms with E-state index in [1.165, 1.54) is 0 Å². The molecule has 2 unspecified atom stereocenters. The van der Waals surface area contributed by atoms with Crippen molar-refractivity contribution in [3.05, 3.63) is 0 Å². The van der Waals surface area contributed by atoms with Crippen LogP contribution < -0.4 is 0 Å². The van der Waals surface area contributed by atoms with Crippen molar-refractivity contribution in [3.63, 3.8) is 0 Å². The van der Waals surface area contributed by atoms with Gasteiger partial charge in [0.15, 0.2) is 0 Å². The maximum absolute atomic E-state index is 8.91. The number of aliphatic hydroxyl groups is 2. The van der Waals surface area contributed by atoms with Crippen molar-refractivity contribution < 1.29 is 10.2 Å². The van der Waals surface area contributed by atoms with Crippen LogP contribution in [-0.4, -0.2) is 33.9 Å². The summed E-state index contributed by atoms with van der Waals surface area (Å²) in [5.41, 5.74) is 0. The number of rotatable bonds is 0. The van der Waals surface area contributed by atoms with Gasteiger partial charge in [-0.05, 0) is 12.2 Å². The summed E-state index contributed by atoms with van der Waals surface area (Å²) >= 11 is 1.70. The summed E-state index contributed by atoms with van der Waals surface area (Å²) in [5, 5.41) is 17.8. The molecule has 2 atom stereocenters. The molecular weight excluding hydrogens is 124 g/mol. The molecule has 1 aliphatic heterocycles. The highest BCUT2D eigenvalue weighted by atomic mass is 32.2. The maximum atomic E-state index is 8.91. The quantitative estimate of drug-likeness (QED) is 0.484. The second-order valence-electron chi connectivity index (χ2n) is 2.00. The highest BCUT2D eigenvalue weighted by Crippen LogP contribution is 2.16. The normalized spacial score (nSPS) is 39.8. The average Bonchev–Trinajstić information content (AvgIpc) is 1.77. The second kappa shape index (κ2) is 2.71. The fraction of sp³-hybridized carbons (Fsp3) is 1.00. The van der Waals surface area contributed by atoms with Crippen LogP contribution in [0.25, 0.3) is 0 Å². The van der Waals surface area contributed by atoms with Gasteiger partial charge in [0, 0.05) is 5.75 Å². The van der Waals surface area contributed by atoms with E-state index in [1.807, 2.05) is 0 Å². The van der Waals surface area contributed by atoms with Gasteiger partial charge < -0.3 is 10.2 Å². The van der Waals surface area contributed by atoms with Crippen LogP contribution in [0.15, 0.2) is 0 Å². The summed E-state index contributed by atoms with van der Waals surface area (Å²) in [6.45, 7) is 0. The fourth-order valence-electron chi connectivity index (χ4n) is 0.712. The van der Waals surface area contributed by atoms with Crippen molar-refractivity contribution in [2.24, 2.45) is 0 Å². The van der Waals surface area contributed by atoms with E-state index in [0.717, 1.165) is 12.2 Å². The highest BCUT2D eigenvalue weighted by Gasteiger charge is 2.19. The van der Waals surface area contributed by atoms with Crippen LogP contribution in [0.3, 0.4) is 0 Å². The Balaban J connectivity index is 2.28. The molecule has 0 bridgehead atoms. The molecule has 0 spiro atoms. The van der Waals surface area contributed by atoms with Crippen molar-refractivity contribution in [2.45, 2.75) is 18.6 Å². The lowest BCUT2D eigenvalue weighted by Crippen LogP contribution is -2.32. The van der Waals surface area contributed by atoms with Crippen molar-refractivity contribution in [3.8, 4) is 0 Å². The highest BCUT2D eigenvalue weighted by molar-refractivity contribution is 7.99. The summed E-state index contributed by atoms with van der Waals surface area (Å²) < 4.78 is 0. The summed E-state index contributed by atoms with van der Waals surface area (Å²) in [6.07, 6.45) is -0.198. The Labute approximate surface area is 52.9 Å². The lowest BCUT2D eigenvalue weighted by molar-refractivity contribution is 0.0297. The van der Waals surface area contributed by atoms with Gasteiger partial charge in [0.05, 0.1) is 12.2 Å². The second-order valence-corrected chi connectivity index (χ2v) is 3.15. The Morgan fingerprint density at radius 1 is 1.25 bits per heavy atom. The molecule has 0 aromatic carbocycles. The first-order chi connectivity index (χ1) is 3.80. The molecule has 0 amide bonds. The maximum Gasteiger partial charge on any atom is 0.0889 e. The molecule has 0 aromatic rings. The lowest BCUT2D eigenvalue weighted by atomic mass is 10.2. The van der Waals surface area contributed by atoms with Gasteiger partial charge in [0.1, 0.15) is 0 Å².